The van der Waals surface area contributed by atoms with E-state index in [-0.39, 0.29) is 5.91 Å². The molecule has 2 aliphatic rings. The van der Waals surface area contributed by atoms with Crippen molar-refractivity contribution in [1.82, 2.24) is 19.0 Å². The predicted octanol–water partition coefficient (Wildman–Crippen LogP) is 0.405. The Kier molecular flexibility index (Phi) is 3.98. The smallest absolute Gasteiger partial charge is 0.257 e. The lowest BCUT2D eigenvalue weighted by atomic mass is 10.1. The molecule has 1 aliphatic heterocycles. The molecule has 0 N–H and O–H groups in total. The Balaban J connectivity index is 1.76. The molecule has 22 heavy (non-hydrogen) atoms. The van der Waals surface area contributed by atoms with Crippen LogP contribution in [-0.2, 0) is 17.1 Å². The summed E-state index contributed by atoms with van der Waals surface area (Å²) < 4.78 is 26.5. The summed E-state index contributed by atoms with van der Waals surface area (Å²) in [7, 11) is -1.32. The van der Waals surface area contributed by atoms with Gasteiger partial charge in [0, 0.05) is 39.1 Å². The Morgan fingerprint density at radius 2 is 1.95 bits per heavy atom. The molecular weight excluding hydrogens is 304 g/mol. The minimum atomic E-state index is -3.19. The van der Waals surface area contributed by atoms with E-state index in [4.69, 9.17) is 0 Å². The number of rotatable bonds is 3. The zero-order valence-corrected chi connectivity index (χ0v) is 13.8. The molecule has 0 bridgehead atoms. The third kappa shape index (κ3) is 3.03. The lowest BCUT2D eigenvalue weighted by molar-refractivity contribution is 0.0763. The monoisotopic (exact) mass is 326 g/mol. The second-order valence-corrected chi connectivity index (χ2v) is 8.13. The molecule has 2 heterocycles. The van der Waals surface area contributed by atoms with E-state index in [9.17, 15) is 13.2 Å². The van der Waals surface area contributed by atoms with E-state index in [1.54, 1.807) is 15.8 Å². The van der Waals surface area contributed by atoms with Crippen molar-refractivity contribution >= 4 is 15.9 Å². The molecule has 7 nitrogen and oxygen atoms in total. The van der Waals surface area contributed by atoms with Crippen LogP contribution in [-0.4, -0.2) is 65.7 Å². The maximum atomic E-state index is 12.8. The first-order valence-corrected chi connectivity index (χ1v) is 9.49. The van der Waals surface area contributed by atoms with Crippen molar-refractivity contribution in [2.45, 2.75) is 25.2 Å². The quantitative estimate of drug-likeness (QED) is 0.806. The summed E-state index contributed by atoms with van der Waals surface area (Å²) in [5.74, 6) is 0.427. The van der Waals surface area contributed by atoms with Crippen LogP contribution in [0.2, 0.25) is 0 Å². The van der Waals surface area contributed by atoms with E-state index in [2.05, 4.69) is 5.10 Å². The summed E-state index contributed by atoms with van der Waals surface area (Å²) in [6, 6.07) is 0. The highest BCUT2D eigenvalue weighted by atomic mass is 32.2. The summed E-state index contributed by atoms with van der Waals surface area (Å²) in [4.78, 5) is 14.5. The molecule has 0 unspecified atom stereocenters. The van der Waals surface area contributed by atoms with Crippen molar-refractivity contribution in [3.05, 3.63) is 17.5 Å². The first-order valence-electron chi connectivity index (χ1n) is 7.64. The second kappa shape index (κ2) is 5.66. The number of hydrogen-bond donors (Lipinski definition) is 0. The molecule has 1 saturated heterocycles. The zero-order valence-electron chi connectivity index (χ0n) is 13.0. The van der Waals surface area contributed by atoms with Crippen LogP contribution in [0.5, 0.6) is 0 Å². The second-order valence-electron chi connectivity index (χ2n) is 6.15. The van der Waals surface area contributed by atoms with E-state index in [0.717, 1.165) is 18.5 Å². The first kappa shape index (κ1) is 15.5. The van der Waals surface area contributed by atoms with E-state index in [0.29, 0.717) is 44.1 Å². The zero-order chi connectivity index (χ0) is 15.9. The number of carbonyl (C=O) groups is 1. The van der Waals surface area contributed by atoms with Crippen LogP contribution in [0.3, 0.4) is 0 Å². The maximum absolute atomic E-state index is 12.8. The number of amides is 1. The van der Waals surface area contributed by atoms with Gasteiger partial charge in [0.15, 0.2) is 0 Å². The SMILES string of the molecule is Cn1ncc(C(=O)N2CCCN(S(C)(=O)=O)CC2)c1C1CC1. The number of carbonyl (C=O) groups excluding carboxylic acids is 1. The molecule has 0 spiro atoms. The van der Waals surface area contributed by atoms with Gasteiger partial charge in [-0.15, -0.1) is 0 Å². The standard InChI is InChI=1S/C14H22N4O3S/c1-16-13(11-4-5-11)12(10-15-16)14(19)17-6-3-7-18(9-8-17)22(2,20)21/h10-11H,3-9H2,1-2H3. The first-order chi connectivity index (χ1) is 10.4. The fourth-order valence-corrected chi connectivity index (χ4v) is 3.93. The van der Waals surface area contributed by atoms with Gasteiger partial charge in [-0.2, -0.15) is 5.10 Å². The molecule has 122 valence electrons. The predicted molar refractivity (Wildman–Crippen MR) is 82.1 cm³/mol. The minimum absolute atomic E-state index is 0.0228. The van der Waals surface area contributed by atoms with Crippen LogP contribution in [0, 0.1) is 0 Å². The molecular formula is C14H22N4O3S. The van der Waals surface area contributed by atoms with Gasteiger partial charge in [-0.25, -0.2) is 12.7 Å². The number of aromatic nitrogens is 2. The Bertz CT molecular complexity index is 678. The van der Waals surface area contributed by atoms with E-state index >= 15 is 0 Å². The van der Waals surface area contributed by atoms with Crippen molar-refractivity contribution < 1.29 is 13.2 Å². The van der Waals surface area contributed by atoms with Crippen LogP contribution in [0.25, 0.3) is 0 Å². The third-order valence-electron chi connectivity index (χ3n) is 4.39. The number of sulfonamides is 1. The lowest BCUT2D eigenvalue weighted by Crippen LogP contribution is -2.37. The summed E-state index contributed by atoms with van der Waals surface area (Å²) in [5.41, 5.74) is 1.70. The van der Waals surface area contributed by atoms with Crippen molar-refractivity contribution in [3.63, 3.8) is 0 Å². The maximum Gasteiger partial charge on any atom is 0.257 e. The number of nitrogens with zero attached hydrogens (tertiary/aromatic N) is 4. The van der Waals surface area contributed by atoms with Crippen LogP contribution in [0.15, 0.2) is 6.20 Å². The van der Waals surface area contributed by atoms with Gasteiger partial charge < -0.3 is 4.90 Å². The summed E-state index contributed by atoms with van der Waals surface area (Å²) in [6.45, 7) is 1.86. The molecule has 0 aromatic carbocycles. The molecule has 0 atom stereocenters. The molecule has 0 radical (unpaired) electrons. The average molecular weight is 326 g/mol. The highest BCUT2D eigenvalue weighted by molar-refractivity contribution is 7.88. The highest BCUT2D eigenvalue weighted by Crippen LogP contribution is 2.41. The molecule has 3 rings (SSSR count). The van der Waals surface area contributed by atoms with Crippen LogP contribution < -0.4 is 0 Å². The molecule has 2 fully saturated rings. The Morgan fingerprint density at radius 3 is 2.59 bits per heavy atom. The van der Waals surface area contributed by atoms with Crippen LogP contribution >= 0.6 is 0 Å². The fourth-order valence-electron chi connectivity index (χ4n) is 3.05. The Hall–Kier alpha value is -1.41. The van der Waals surface area contributed by atoms with Gasteiger partial charge in [0.2, 0.25) is 10.0 Å². The van der Waals surface area contributed by atoms with Crippen molar-refractivity contribution in [2.75, 3.05) is 32.4 Å². The van der Waals surface area contributed by atoms with E-state index in [1.807, 2.05) is 7.05 Å². The summed E-state index contributed by atoms with van der Waals surface area (Å²) in [5, 5.41) is 4.23. The molecule has 1 aliphatic carbocycles. The van der Waals surface area contributed by atoms with Gasteiger partial charge in [0.1, 0.15) is 0 Å². The third-order valence-corrected chi connectivity index (χ3v) is 5.69. The van der Waals surface area contributed by atoms with E-state index < -0.39 is 10.0 Å². The lowest BCUT2D eigenvalue weighted by Gasteiger charge is -2.21. The van der Waals surface area contributed by atoms with Gasteiger partial charge >= 0.3 is 0 Å². The molecule has 1 amide bonds. The normalized spacial score (nSPS) is 20.9. The van der Waals surface area contributed by atoms with Gasteiger partial charge in [-0.1, -0.05) is 0 Å². The largest absolute Gasteiger partial charge is 0.337 e. The molecule has 1 aromatic rings. The topological polar surface area (TPSA) is 75.5 Å². The van der Waals surface area contributed by atoms with Crippen molar-refractivity contribution in [2.24, 2.45) is 7.05 Å². The van der Waals surface area contributed by atoms with Gasteiger partial charge in [-0.3, -0.25) is 9.48 Å². The summed E-state index contributed by atoms with van der Waals surface area (Å²) in [6.07, 6.45) is 5.76. The fraction of sp³-hybridized carbons (Fsp3) is 0.714. The minimum Gasteiger partial charge on any atom is -0.337 e. The summed E-state index contributed by atoms with van der Waals surface area (Å²) >= 11 is 0. The van der Waals surface area contributed by atoms with Crippen LogP contribution in [0.4, 0.5) is 0 Å². The van der Waals surface area contributed by atoms with Gasteiger partial charge in [-0.05, 0) is 19.3 Å². The molecule has 1 aromatic heterocycles. The Morgan fingerprint density at radius 1 is 1.23 bits per heavy atom. The van der Waals surface area contributed by atoms with E-state index in [1.165, 1.54) is 10.6 Å². The highest BCUT2D eigenvalue weighted by Gasteiger charge is 2.33. The van der Waals surface area contributed by atoms with Gasteiger partial charge in [0.25, 0.3) is 5.91 Å². The molecule has 1 saturated carbocycles. The Labute approximate surface area is 130 Å². The van der Waals surface area contributed by atoms with Gasteiger partial charge in [0.05, 0.1) is 23.7 Å². The van der Waals surface area contributed by atoms with Crippen LogP contribution in [0.1, 0.15) is 41.2 Å². The van der Waals surface area contributed by atoms with Crippen molar-refractivity contribution in [1.29, 1.82) is 0 Å². The average Bonchev–Trinajstić information content (AvgIpc) is 3.23. The number of hydrogen-bond acceptors (Lipinski definition) is 4. The number of aryl methyl sites for hydroxylation is 1. The molecule has 8 heteroatoms. The van der Waals surface area contributed by atoms with Crippen molar-refractivity contribution in [3.8, 4) is 0 Å².